The van der Waals surface area contributed by atoms with Gasteiger partial charge >= 0.3 is 5.97 Å². The molecule has 0 aromatic heterocycles. The maximum absolute atomic E-state index is 14.5. The number of aryl methyl sites for hydroxylation is 1. The number of fused-ring (bicyclic) bond motifs is 1. The first-order valence-corrected chi connectivity index (χ1v) is 15.7. The highest BCUT2D eigenvalue weighted by atomic mass is 35.5. The molecule has 224 valence electrons. The van der Waals surface area contributed by atoms with Crippen LogP contribution in [0.2, 0.25) is 10.0 Å². The molecular weight excluding hydrogens is 599 g/mol. The maximum Gasteiger partial charge on any atom is 0.325 e. The van der Waals surface area contributed by atoms with Gasteiger partial charge in [-0.3, -0.25) is 9.59 Å². The number of hydrogen-bond donors (Lipinski definition) is 1. The predicted molar refractivity (Wildman–Crippen MR) is 164 cm³/mol. The molecule has 0 bridgehead atoms. The van der Waals surface area contributed by atoms with E-state index in [1.165, 1.54) is 24.0 Å². The summed E-state index contributed by atoms with van der Waals surface area (Å²) in [6.07, 6.45) is -2.77. The van der Waals surface area contributed by atoms with Gasteiger partial charge < -0.3 is 14.7 Å². The van der Waals surface area contributed by atoms with E-state index >= 15 is 0 Å². The van der Waals surface area contributed by atoms with Crippen molar-refractivity contribution in [2.75, 3.05) is 18.0 Å². The van der Waals surface area contributed by atoms with Gasteiger partial charge in [0.05, 0.1) is 4.90 Å². The minimum Gasteiger partial charge on any atom is -0.480 e. The summed E-state index contributed by atoms with van der Waals surface area (Å²) in [5.74, 6) is -2.21. The zero-order valence-corrected chi connectivity index (χ0v) is 26.4. The molecule has 4 rings (SSSR count). The van der Waals surface area contributed by atoms with Crippen molar-refractivity contribution >= 4 is 50.8 Å². The third-order valence-corrected chi connectivity index (χ3v) is 9.51. The van der Waals surface area contributed by atoms with Crippen molar-refractivity contribution in [1.29, 1.82) is 0 Å². The molecule has 3 atom stereocenters. The van der Waals surface area contributed by atoms with Crippen LogP contribution in [0, 0.1) is 12.3 Å². The second-order valence-corrected chi connectivity index (χ2v) is 14.2. The summed E-state index contributed by atoms with van der Waals surface area (Å²) < 4.78 is 35.0. The summed E-state index contributed by atoms with van der Waals surface area (Å²) in [5, 5.41) is 11.3. The predicted octanol–water partition coefficient (Wildman–Crippen LogP) is 6.33. The summed E-state index contributed by atoms with van der Waals surface area (Å²) in [4.78, 5) is 28.8. The van der Waals surface area contributed by atoms with E-state index in [2.05, 4.69) is 0 Å². The van der Waals surface area contributed by atoms with Crippen LogP contribution in [0.5, 0.6) is 0 Å². The number of carbonyl (C=O) groups excluding carboxylic acids is 1. The molecule has 0 spiro atoms. The summed E-state index contributed by atoms with van der Waals surface area (Å²) in [5.41, 5.74) is 1.88. The van der Waals surface area contributed by atoms with Gasteiger partial charge in [0.1, 0.15) is 6.10 Å². The molecule has 1 N–H and O–H groups in total. The van der Waals surface area contributed by atoms with Gasteiger partial charge in [0.15, 0.2) is 12.1 Å². The number of rotatable bonds is 8. The van der Waals surface area contributed by atoms with Crippen molar-refractivity contribution in [2.45, 2.75) is 57.8 Å². The summed E-state index contributed by atoms with van der Waals surface area (Å²) in [6, 6.07) is 16.0. The number of aliphatic carboxylic acids is 1. The van der Waals surface area contributed by atoms with Crippen LogP contribution in [0.25, 0.3) is 0 Å². The molecule has 1 amide bonds. The SMILES string of the molecule is CCN(C(C(=O)O)C1OC(c2ccccc2Cl)c2cc(Cl)ccc2N(CC(C)(C)C)C1=O)S(=O)(=O)c1ccc(C)cc1. The Bertz CT molecular complexity index is 1590. The number of likely N-dealkylation sites (N-methyl/N-ethyl adjacent to an activating group) is 1. The van der Waals surface area contributed by atoms with Crippen LogP contribution in [0.15, 0.2) is 71.6 Å². The molecule has 0 saturated heterocycles. The van der Waals surface area contributed by atoms with Gasteiger partial charge in [-0.1, -0.05) is 86.8 Å². The Morgan fingerprint density at radius 2 is 1.69 bits per heavy atom. The highest BCUT2D eigenvalue weighted by molar-refractivity contribution is 7.89. The zero-order valence-electron chi connectivity index (χ0n) is 24.0. The lowest BCUT2D eigenvalue weighted by Crippen LogP contribution is -2.58. The lowest BCUT2D eigenvalue weighted by molar-refractivity contribution is -0.154. The Hall–Kier alpha value is -2.95. The monoisotopic (exact) mass is 632 g/mol. The molecule has 8 nitrogen and oxygen atoms in total. The lowest BCUT2D eigenvalue weighted by Gasteiger charge is -2.35. The fourth-order valence-electron chi connectivity index (χ4n) is 5.07. The van der Waals surface area contributed by atoms with Crippen molar-refractivity contribution in [3.05, 3.63) is 93.5 Å². The highest BCUT2D eigenvalue weighted by Gasteiger charge is 2.49. The van der Waals surface area contributed by atoms with Crippen molar-refractivity contribution < 1.29 is 27.9 Å². The number of hydrogen-bond acceptors (Lipinski definition) is 5. The molecule has 3 unspecified atom stereocenters. The number of halogens is 2. The quantitative estimate of drug-likeness (QED) is 0.311. The second kappa shape index (κ2) is 12.3. The van der Waals surface area contributed by atoms with Crippen LogP contribution < -0.4 is 4.90 Å². The first-order chi connectivity index (χ1) is 19.7. The molecule has 1 aliphatic rings. The normalized spacial score (nSPS) is 18.5. The molecule has 0 saturated carbocycles. The third-order valence-electron chi connectivity index (χ3n) is 6.96. The first kappa shape index (κ1) is 32.0. The van der Waals surface area contributed by atoms with Crippen molar-refractivity contribution in [2.24, 2.45) is 5.41 Å². The van der Waals surface area contributed by atoms with Gasteiger partial charge in [-0.25, -0.2) is 8.42 Å². The van der Waals surface area contributed by atoms with E-state index < -0.39 is 45.6 Å². The molecule has 3 aromatic rings. The number of carboxylic acid groups (broad SMARTS) is 1. The second-order valence-electron chi connectivity index (χ2n) is 11.5. The standard InChI is InChI=1S/C31H34Cl2N2O6S/c1-6-35(42(39,40)21-14-11-19(2)12-15-21)26(30(37)38)28-29(36)34(18-31(3,4)5)25-16-13-20(32)17-23(25)27(41-28)22-9-7-8-10-24(22)33/h7-17,26-28H,6,18H2,1-5H3,(H,37,38). The first-order valence-electron chi connectivity index (χ1n) is 13.5. The molecule has 0 fully saturated rings. The molecule has 3 aromatic carbocycles. The fraction of sp³-hybridized carbons (Fsp3) is 0.355. The van der Waals surface area contributed by atoms with Gasteiger partial charge in [-0.05, 0) is 48.7 Å². The Morgan fingerprint density at radius 1 is 1.05 bits per heavy atom. The summed E-state index contributed by atoms with van der Waals surface area (Å²) in [7, 11) is -4.36. The molecule has 42 heavy (non-hydrogen) atoms. The van der Waals surface area contributed by atoms with Crippen molar-refractivity contribution in [3.8, 4) is 0 Å². The van der Waals surface area contributed by atoms with Crippen LogP contribution in [-0.2, 0) is 24.3 Å². The topological polar surface area (TPSA) is 104 Å². The number of anilines is 1. The number of ether oxygens (including phenoxy) is 1. The Balaban J connectivity index is 1.96. The van der Waals surface area contributed by atoms with Crippen LogP contribution in [0.4, 0.5) is 5.69 Å². The maximum atomic E-state index is 14.5. The minimum absolute atomic E-state index is 0.0912. The molecule has 1 aliphatic heterocycles. The molecule has 1 heterocycles. The number of carbonyl (C=O) groups is 2. The third kappa shape index (κ3) is 6.50. The molecule has 0 aliphatic carbocycles. The number of amides is 1. The summed E-state index contributed by atoms with van der Waals surface area (Å²) >= 11 is 13.0. The van der Waals surface area contributed by atoms with Crippen molar-refractivity contribution in [1.82, 2.24) is 4.31 Å². The lowest BCUT2D eigenvalue weighted by atomic mass is 9.94. The van der Waals surface area contributed by atoms with Gasteiger partial charge in [-0.2, -0.15) is 4.31 Å². The Labute approximate surface area is 256 Å². The van der Waals surface area contributed by atoms with Gasteiger partial charge in [0.25, 0.3) is 5.91 Å². The van der Waals surface area contributed by atoms with Gasteiger partial charge in [0, 0.05) is 39.9 Å². The van der Waals surface area contributed by atoms with E-state index in [0.717, 1.165) is 9.87 Å². The van der Waals surface area contributed by atoms with E-state index in [-0.39, 0.29) is 18.0 Å². The van der Waals surface area contributed by atoms with E-state index in [1.54, 1.807) is 54.6 Å². The van der Waals surface area contributed by atoms with Crippen LogP contribution in [0.1, 0.15) is 50.5 Å². The number of carboxylic acids is 1. The highest BCUT2D eigenvalue weighted by Crippen LogP contribution is 2.43. The molecular formula is C31H34Cl2N2O6S. The largest absolute Gasteiger partial charge is 0.480 e. The summed E-state index contributed by atoms with van der Waals surface area (Å²) in [6.45, 7) is 9.13. The van der Waals surface area contributed by atoms with Crippen LogP contribution in [-0.4, -0.2) is 54.9 Å². The van der Waals surface area contributed by atoms with E-state index in [9.17, 15) is 23.1 Å². The smallest absolute Gasteiger partial charge is 0.325 e. The average Bonchev–Trinajstić information content (AvgIpc) is 3.01. The van der Waals surface area contributed by atoms with Crippen LogP contribution in [0.3, 0.4) is 0 Å². The Morgan fingerprint density at radius 3 is 2.26 bits per heavy atom. The number of sulfonamides is 1. The zero-order chi connectivity index (χ0) is 31.0. The van der Waals surface area contributed by atoms with E-state index in [4.69, 9.17) is 27.9 Å². The Kier molecular flexibility index (Phi) is 9.40. The van der Waals surface area contributed by atoms with Crippen LogP contribution >= 0.6 is 23.2 Å². The molecule has 11 heteroatoms. The van der Waals surface area contributed by atoms with Crippen molar-refractivity contribution in [3.63, 3.8) is 0 Å². The fourth-order valence-corrected chi connectivity index (χ4v) is 7.08. The van der Waals surface area contributed by atoms with Gasteiger partial charge in [0.2, 0.25) is 10.0 Å². The average molecular weight is 634 g/mol. The number of nitrogens with zero attached hydrogens (tertiary/aromatic N) is 2. The van der Waals surface area contributed by atoms with E-state index in [0.29, 0.717) is 26.9 Å². The van der Waals surface area contributed by atoms with Gasteiger partial charge in [-0.15, -0.1) is 0 Å². The minimum atomic E-state index is -4.36. The van der Waals surface area contributed by atoms with E-state index in [1.807, 2.05) is 27.7 Å². The molecule has 0 radical (unpaired) electrons. The number of benzene rings is 3.